The summed E-state index contributed by atoms with van der Waals surface area (Å²) in [5.74, 6) is 0.252. The summed E-state index contributed by atoms with van der Waals surface area (Å²) >= 11 is 0. The van der Waals surface area contributed by atoms with E-state index in [2.05, 4.69) is 158 Å². The Bertz CT molecular complexity index is 2150. The van der Waals surface area contributed by atoms with E-state index in [-0.39, 0.29) is 11.8 Å². The Morgan fingerprint density at radius 1 is 0.310 bits per heavy atom. The number of benzene rings is 8. The summed E-state index contributed by atoms with van der Waals surface area (Å²) in [6, 6.07) is 58.8. The first-order chi connectivity index (χ1) is 20.9. The smallest absolute Gasteiger partial charge is 0.0224 e. The molecule has 0 fully saturated rings. The van der Waals surface area contributed by atoms with E-state index >= 15 is 0 Å². The summed E-state index contributed by atoms with van der Waals surface area (Å²) in [5, 5.41) is 10.5. The van der Waals surface area contributed by atoms with Gasteiger partial charge in [-0.15, -0.1) is 0 Å². The molecule has 0 unspecified atom stereocenters. The topological polar surface area (TPSA) is 0 Å². The lowest BCUT2D eigenvalue weighted by molar-refractivity contribution is 0.727. The van der Waals surface area contributed by atoms with Gasteiger partial charge in [0.1, 0.15) is 0 Å². The van der Waals surface area contributed by atoms with Crippen molar-refractivity contribution in [1.82, 2.24) is 0 Å². The van der Waals surface area contributed by atoms with Crippen LogP contribution >= 0.6 is 0 Å². The van der Waals surface area contributed by atoms with Crippen LogP contribution in [-0.2, 0) is 0 Å². The van der Waals surface area contributed by atoms with Crippen molar-refractivity contribution < 1.29 is 0 Å². The van der Waals surface area contributed by atoms with Crippen LogP contribution in [0.4, 0.5) is 0 Å². The van der Waals surface area contributed by atoms with E-state index in [0.29, 0.717) is 0 Å². The third-order valence-electron chi connectivity index (χ3n) is 9.50. The zero-order valence-electron chi connectivity index (χ0n) is 23.2. The Balaban J connectivity index is 1.48. The highest BCUT2D eigenvalue weighted by atomic mass is 14.4. The molecule has 1 aliphatic carbocycles. The lowest BCUT2D eigenvalue weighted by Gasteiger charge is -2.30. The molecule has 0 heteroatoms. The molecule has 0 nitrogen and oxygen atoms in total. The Kier molecular flexibility index (Phi) is 5.12. The lowest BCUT2D eigenvalue weighted by atomic mass is 9.72. The third-order valence-corrected chi connectivity index (χ3v) is 9.50. The van der Waals surface area contributed by atoms with Crippen LogP contribution in [0.3, 0.4) is 0 Å². The quantitative estimate of drug-likeness (QED) is 0.212. The normalized spacial score (nSPS) is 12.9. The summed E-state index contributed by atoms with van der Waals surface area (Å²) in [6.45, 7) is 0. The van der Waals surface area contributed by atoms with Crippen molar-refractivity contribution in [1.29, 1.82) is 0 Å². The molecule has 42 heavy (non-hydrogen) atoms. The second kappa shape index (κ2) is 9.16. The maximum atomic E-state index is 2.38. The molecule has 0 saturated heterocycles. The van der Waals surface area contributed by atoms with E-state index in [1.54, 1.807) is 0 Å². The summed E-state index contributed by atoms with van der Waals surface area (Å²) in [7, 11) is 0. The third kappa shape index (κ3) is 3.36. The molecule has 9 rings (SSSR count). The summed E-state index contributed by atoms with van der Waals surface area (Å²) < 4.78 is 0. The molecule has 0 N–H and O–H groups in total. The van der Waals surface area contributed by atoms with Crippen molar-refractivity contribution in [3.05, 3.63) is 180 Å². The second-order valence-electron chi connectivity index (χ2n) is 11.6. The van der Waals surface area contributed by atoms with Gasteiger partial charge in [0.05, 0.1) is 0 Å². The minimum atomic E-state index is 0.110. The molecule has 0 heterocycles. The fourth-order valence-corrected chi connectivity index (χ4v) is 7.78. The number of fused-ring (bicyclic) bond motifs is 9. The van der Waals surface area contributed by atoms with Gasteiger partial charge in [0.2, 0.25) is 0 Å². The van der Waals surface area contributed by atoms with Crippen molar-refractivity contribution in [3.63, 3.8) is 0 Å². The average molecular weight is 533 g/mol. The predicted molar refractivity (Wildman–Crippen MR) is 178 cm³/mol. The Hall–Kier alpha value is -5.20. The molecule has 8 aromatic rings. The van der Waals surface area contributed by atoms with Gasteiger partial charge in [-0.05, 0) is 76.5 Å². The second-order valence-corrected chi connectivity index (χ2v) is 11.6. The van der Waals surface area contributed by atoms with Crippen LogP contribution in [0, 0.1) is 0 Å². The standard InChI is InChI=1S/C42H28/c1-5-17-31-27(11-1)15-9-21-35(31)41(36-22-10-16-28-12-2-6-18-32(28)36)42-39-33-19-7-3-13-29(33)23-25-37(39)38-26-24-30-14-4-8-20-34(30)40(38)42/h1-26,41-42H. The lowest BCUT2D eigenvalue weighted by Crippen LogP contribution is -2.14. The molecule has 0 saturated carbocycles. The molecule has 1 aliphatic rings. The molecular formula is C42H28. The van der Waals surface area contributed by atoms with Crippen molar-refractivity contribution in [3.8, 4) is 11.1 Å². The molecule has 0 aliphatic heterocycles. The van der Waals surface area contributed by atoms with Gasteiger partial charge in [0, 0.05) is 11.8 Å². The highest BCUT2D eigenvalue weighted by molar-refractivity contribution is 6.03. The predicted octanol–water partition coefficient (Wildman–Crippen LogP) is 11.2. The van der Waals surface area contributed by atoms with Gasteiger partial charge < -0.3 is 0 Å². The van der Waals surface area contributed by atoms with Crippen molar-refractivity contribution in [2.45, 2.75) is 11.8 Å². The highest BCUT2D eigenvalue weighted by Gasteiger charge is 2.39. The van der Waals surface area contributed by atoms with Crippen molar-refractivity contribution >= 4 is 43.1 Å². The average Bonchev–Trinajstić information content (AvgIpc) is 3.40. The number of hydrogen-bond donors (Lipinski definition) is 0. The minimum absolute atomic E-state index is 0.110. The molecule has 0 amide bonds. The minimum Gasteiger partial charge on any atom is -0.0616 e. The molecule has 0 aromatic heterocycles. The van der Waals surface area contributed by atoms with Crippen LogP contribution in [0.2, 0.25) is 0 Å². The van der Waals surface area contributed by atoms with E-state index in [1.807, 2.05) is 0 Å². The van der Waals surface area contributed by atoms with Crippen LogP contribution in [0.15, 0.2) is 158 Å². The van der Waals surface area contributed by atoms with E-state index in [0.717, 1.165) is 0 Å². The van der Waals surface area contributed by atoms with Crippen LogP contribution in [0.25, 0.3) is 54.2 Å². The fourth-order valence-electron chi connectivity index (χ4n) is 7.78. The monoisotopic (exact) mass is 532 g/mol. The van der Waals surface area contributed by atoms with E-state index in [1.165, 1.54) is 76.5 Å². The Morgan fingerprint density at radius 2 is 0.667 bits per heavy atom. The zero-order valence-corrected chi connectivity index (χ0v) is 23.2. The molecule has 196 valence electrons. The van der Waals surface area contributed by atoms with E-state index in [4.69, 9.17) is 0 Å². The van der Waals surface area contributed by atoms with Crippen molar-refractivity contribution in [2.24, 2.45) is 0 Å². The van der Waals surface area contributed by atoms with Crippen LogP contribution in [0.1, 0.15) is 34.1 Å². The first-order valence-electron chi connectivity index (χ1n) is 14.9. The largest absolute Gasteiger partial charge is 0.0616 e. The SMILES string of the molecule is c1ccc2c(C(c3cccc4ccccc34)C3c4c(ccc5ccccc45)-c4ccc5ccccc5c43)cccc2c1. The van der Waals surface area contributed by atoms with E-state index < -0.39 is 0 Å². The molecule has 0 radical (unpaired) electrons. The zero-order chi connectivity index (χ0) is 27.6. The fraction of sp³-hybridized carbons (Fsp3) is 0.0476. The van der Waals surface area contributed by atoms with Gasteiger partial charge >= 0.3 is 0 Å². The first kappa shape index (κ1) is 23.5. The van der Waals surface area contributed by atoms with Gasteiger partial charge in [-0.2, -0.15) is 0 Å². The maximum Gasteiger partial charge on any atom is 0.0224 e. The Labute approximate surface area is 245 Å². The van der Waals surface area contributed by atoms with Crippen molar-refractivity contribution in [2.75, 3.05) is 0 Å². The molecule has 0 bridgehead atoms. The molecule has 8 aromatic carbocycles. The summed E-state index contributed by atoms with van der Waals surface area (Å²) in [5.41, 5.74) is 8.40. The van der Waals surface area contributed by atoms with Crippen LogP contribution in [0.5, 0.6) is 0 Å². The van der Waals surface area contributed by atoms with E-state index in [9.17, 15) is 0 Å². The summed E-state index contributed by atoms with van der Waals surface area (Å²) in [6.07, 6.45) is 0. The van der Waals surface area contributed by atoms with Crippen LogP contribution in [-0.4, -0.2) is 0 Å². The Morgan fingerprint density at radius 3 is 1.12 bits per heavy atom. The number of rotatable bonds is 3. The molecule has 0 spiro atoms. The first-order valence-corrected chi connectivity index (χ1v) is 14.9. The van der Waals surface area contributed by atoms with Crippen LogP contribution < -0.4 is 0 Å². The molecule has 0 atom stereocenters. The van der Waals surface area contributed by atoms with Gasteiger partial charge in [-0.1, -0.05) is 158 Å². The van der Waals surface area contributed by atoms with Gasteiger partial charge in [0.25, 0.3) is 0 Å². The maximum absolute atomic E-state index is 2.38. The van der Waals surface area contributed by atoms with Gasteiger partial charge in [-0.25, -0.2) is 0 Å². The molecular weight excluding hydrogens is 504 g/mol. The highest BCUT2D eigenvalue weighted by Crippen LogP contribution is 2.58. The number of hydrogen-bond acceptors (Lipinski definition) is 0. The van der Waals surface area contributed by atoms with Gasteiger partial charge in [0.15, 0.2) is 0 Å². The summed E-state index contributed by atoms with van der Waals surface area (Å²) in [4.78, 5) is 0. The van der Waals surface area contributed by atoms with Gasteiger partial charge in [-0.3, -0.25) is 0 Å².